The van der Waals surface area contributed by atoms with E-state index in [0.29, 0.717) is 30.4 Å². The van der Waals surface area contributed by atoms with Crippen LogP contribution in [0.2, 0.25) is 0 Å². The van der Waals surface area contributed by atoms with E-state index < -0.39 is 12.0 Å². The number of hydrogen-bond donors (Lipinski definition) is 2. The first-order valence-corrected chi connectivity index (χ1v) is 17.6. The number of amides is 1. The molecule has 1 aliphatic heterocycles. The van der Waals surface area contributed by atoms with Gasteiger partial charge in [0.05, 0.1) is 12.7 Å². The Bertz CT molecular complexity index is 1150. The Morgan fingerprint density at radius 1 is 1.15 bits per heavy atom. The Balaban J connectivity index is 1.46. The van der Waals surface area contributed by atoms with Gasteiger partial charge in [-0.25, -0.2) is 4.79 Å². The van der Waals surface area contributed by atoms with E-state index >= 15 is 0 Å². The van der Waals surface area contributed by atoms with Crippen LogP contribution in [0.1, 0.15) is 66.9 Å². The third-order valence-corrected chi connectivity index (χ3v) is 10.2. The van der Waals surface area contributed by atoms with Crippen molar-refractivity contribution in [1.82, 2.24) is 10.2 Å². The van der Waals surface area contributed by atoms with Crippen molar-refractivity contribution < 1.29 is 19.4 Å². The molecule has 2 fully saturated rings. The van der Waals surface area contributed by atoms with Gasteiger partial charge in [-0.05, 0) is 85.4 Å². The highest BCUT2D eigenvalue weighted by Gasteiger charge is 2.32. The van der Waals surface area contributed by atoms with Crippen LogP contribution in [0.15, 0.2) is 42.5 Å². The van der Waals surface area contributed by atoms with Crippen molar-refractivity contribution in [2.24, 2.45) is 5.92 Å². The Kier molecular flexibility index (Phi) is 12.5. The zero-order chi connectivity index (χ0) is 29.2. The normalized spacial score (nSPS) is 19.9. The summed E-state index contributed by atoms with van der Waals surface area (Å²) in [6.45, 7) is 6.74. The highest BCUT2D eigenvalue weighted by atomic mass is 32.2. The van der Waals surface area contributed by atoms with Crippen LogP contribution in [0.5, 0.6) is 0 Å². The van der Waals surface area contributed by atoms with Crippen molar-refractivity contribution in [3.63, 3.8) is 0 Å². The van der Waals surface area contributed by atoms with E-state index in [-0.39, 0.29) is 12.0 Å². The molecule has 1 aliphatic carbocycles. The second-order valence-corrected chi connectivity index (χ2v) is 13.6. The van der Waals surface area contributed by atoms with Crippen LogP contribution >= 0.6 is 23.5 Å². The SMILES string of the molecule is CSCC[C@H](NC(=O)c1ccc(COC(C)CN2CCSCC2C2CCCCC2)cc1-c1ccccc1C)C(=O)O. The number of rotatable bonds is 13. The first kappa shape index (κ1) is 31.9. The van der Waals surface area contributed by atoms with Crippen LogP contribution in [0, 0.1) is 12.8 Å². The highest BCUT2D eigenvalue weighted by Crippen LogP contribution is 2.33. The first-order chi connectivity index (χ1) is 19.9. The van der Waals surface area contributed by atoms with Gasteiger partial charge in [-0.2, -0.15) is 23.5 Å². The number of carbonyl (C=O) groups is 2. The number of benzene rings is 2. The molecular weight excluding hydrogens is 553 g/mol. The molecule has 1 heterocycles. The maximum absolute atomic E-state index is 13.4. The summed E-state index contributed by atoms with van der Waals surface area (Å²) in [5.74, 6) is 2.53. The summed E-state index contributed by atoms with van der Waals surface area (Å²) in [4.78, 5) is 27.8. The van der Waals surface area contributed by atoms with Crippen LogP contribution < -0.4 is 5.32 Å². The van der Waals surface area contributed by atoms with Crippen molar-refractivity contribution in [3.8, 4) is 11.1 Å². The van der Waals surface area contributed by atoms with E-state index in [1.165, 1.54) is 43.6 Å². The molecule has 0 aromatic heterocycles. The maximum Gasteiger partial charge on any atom is 0.326 e. The molecule has 0 spiro atoms. The number of ether oxygens (including phenoxy) is 1. The summed E-state index contributed by atoms with van der Waals surface area (Å²) in [5, 5.41) is 12.4. The van der Waals surface area contributed by atoms with Gasteiger partial charge in [-0.3, -0.25) is 9.69 Å². The molecule has 8 heteroatoms. The van der Waals surface area contributed by atoms with Crippen LogP contribution in [-0.2, 0) is 16.1 Å². The predicted molar refractivity (Wildman–Crippen MR) is 172 cm³/mol. The number of nitrogens with zero attached hydrogens (tertiary/aromatic N) is 1. The molecule has 1 saturated carbocycles. The van der Waals surface area contributed by atoms with Crippen LogP contribution in [0.4, 0.5) is 0 Å². The fraction of sp³-hybridized carbons (Fsp3) is 0.576. The minimum atomic E-state index is -1.01. The minimum Gasteiger partial charge on any atom is -0.480 e. The molecule has 0 radical (unpaired) electrons. The van der Waals surface area contributed by atoms with Gasteiger partial charge in [0.25, 0.3) is 5.91 Å². The Morgan fingerprint density at radius 3 is 2.66 bits per heavy atom. The third-order valence-electron chi connectivity index (χ3n) is 8.48. The summed E-state index contributed by atoms with van der Waals surface area (Å²) in [7, 11) is 0. The second-order valence-electron chi connectivity index (χ2n) is 11.5. The lowest BCUT2D eigenvalue weighted by atomic mass is 9.83. The van der Waals surface area contributed by atoms with Gasteiger partial charge in [0.15, 0.2) is 0 Å². The summed E-state index contributed by atoms with van der Waals surface area (Å²) >= 11 is 3.67. The molecule has 1 saturated heterocycles. The number of carboxylic acids is 1. The Labute approximate surface area is 254 Å². The summed E-state index contributed by atoms with van der Waals surface area (Å²) in [6, 6.07) is 13.5. The molecule has 2 aromatic rings. The smallest absolute Gasteiger partial charge is 0.326 e. The number of aliphatic carboxylic acids is 1. The number of carbonyl (C=O) groups excluding carboxylic acids is 1. The number of hydrogen-bond acceptors (Lipinski definition) is 6. The second kappa shape index (κ2) is 16.0. The van der Waals surface area contributed by atoms with Crippen molar-refractivity contribution in [2.45, 2.75) is 77.2 Å². The highest BCUT2D eigenvalue weighted by molar-refractivity contribution is 7.99. The molecule has 1 amide bonds. The predicted octanol–water partition coefficient (Wildman–Crippen LogP) is 6.50. The monoisotopic (exact) mass is 598 g/mol. The van der Waals surface area contributed by atoms with Gasteiger partial charge in [-0.1, -0.05) is 49.6 Å². The van der Waals surface area contributed by atoms with Gasteiger partial charge in [-0.15, -0.1) is 0 Å². The van der Waals surface area contributed by atoms with Gasteiger partial charge < -0.3 is 15.2 Å². The average molecular weight is 599 g/mol. The van der Waals surface area contributed by atoms with Crippen LogP contribution in [0.3, 0.4) is 0 Å². The lowest BCUT2D eigenvalue weighted by Gasteiger charge is -2.42. The summed E-state index contributed by atoms with van der Waals surface area (Å²) in [5.41, 5.74) is 4.30. The van der Waals surface area contributed by atoms with E-state index in [9.17, 15) is 14.7 Å². The zero-order valence-corrected chi connectivity index (χ0v) is 26.4. The first-order valence-electron chi connectivity index (χ1n) is 15.0. The van der Waals surface area contributed by atoms with Crippen molar-refractivity contribution in [1.29, 1.82) is 0 Å². The molecule has 4 rings (SSSR count). The summed E-state index contributed by atoms with van der Waals surface area (Å²) < 4.78 is 6.40. The topological polar surface area (TPSA) is 78.9 Å². The molecule has 0 bridgehead atoms. The van der Waals surface area contributed by atoms with E-state index in [2.05, 4.69) is 28.9 Å². The molecule has 2 N–H and O–H groups in total. The van der Waals surface area contributed by atoms with E-state index in [4.69, 9.17) is 4.74 Å². The minimum absolute atomic E-state index is 0.0989. The molecule has 3 atom stereocenters. The van der Waals surface area contributed by atoms with E-state index in [1.54, 1.807) is 11.8 Å². The Morgan fingerprint density at radius 2 is 1.93 bits per heavy atom. The molecular formula is C33H46N2O4S2. The molecule has 6 nitrogen and oxygen atoms in total. The van der Waals surface area contributed by atoms with E-state index in [1.807, 2.05) is 55.6 Å². The quantitative estimate of drug-likeness (QED) is 0.272. The molecule has 224 valence electrons. The van der Waals surface area contributed by atoms with Crippen LogP contribution in [-0.4, -0.2) is 76.7 Å². The third kappa shape index (κ3) is 8.99. The maximum atomic E-state index is 13.4. The largest absolute Gasteiger partial charge is 0.480 e. The standard InChI is InChI=1S/C33H46N2O4S2/c1-23-9-7-8-12-27(23)29-19-25(13-14-28(29)32(36)34-30(33(37)38)15-17-40-3)21-39-24(2)20-35-16-18-41-22-31(35)26-10-5-4-6-11-26/h7-9,12-14,19,24,26,30-31H,4-6,10-11,15-18,20-22H2,1-3H3,(H,34,36)(H,37,38)/t24?,30-,31?/m0/s1. The van der Waals surface area contributed by atoms with Gasteiger partial charge in [0.2, 0.25) is 0 Å². The van der Waals surface area contributed by atoms with Crippen molar-refractivity contribution in [3.05, 3.63) is 59.2 Å². The van der Waals surface area contributed by atoms with Gasteiger partial charge in [0.1, 0.15) is 6.04 Å². The fourth-order valence-electron chi connectivity index (χ4n) is 6.16. The lowest BCUT2D eigenvalue weighted by molar-refractivity contribution is -0.139. The average Bonchev–Trinajstić information content (AvgIpc) is 2.99. The lowest BCUT2D eigenvalue weighted by Crippen LogP contribution is -2.49. The molecule has 41 heavy (non-hydrogen) atoms. The van der Waals surface area contributed by atoms with Crippen molar-refractivity contribution >= 4 is 35.4 Å². The fourth-order valence-corrected chi connectivity index (χ4v) is 7.89. The molecule has 2 unspecified atom stereocenters. The molecule has 2 aromatic carbocycles. The number of nitrogens with one attached hydrogen (secondary N) is 1. The van der Waals surface area contributed by atoms with Crippen LogP contribution in [0.25, 0.3) is 11.1 Å². The van der Waals surface area contributed by atoms with Gasteiger partial charge in [0, 0.05) is 36.2 Å². The van der Waals surface area contributed by atoms with Gasteiger partial charge >= 0.3 is 5.97 Å². The number of aryl methyl sites for hydroxylation is 1. The molecule has 2 aliphatic rings. The zero-order valence-electron chi connectivity index (χ0n) is 24.8. The number of carboxylic acid groups (broad SMARTS) is 1. The van der Waals surface area contributed by atoms with E-state index in [0.717, 1.165) is 41.3 Å². The van der Waals surface area contributed by atoms with Crippen molar-refractivity contribution in [2.75, 3.05) is 36.6 Å². The number of thioether (sulfide) groups is 2. The summed E-state index contributed by atoms with van der Waals surface area (Å²) in [6.07, 6.45) is 9.27. The Hall–Kier alpha value is -2.00.